The predicted octanol–water partition coefficient (Wildman–Crippen LogP) is 2.49. The second kappa shape index (κ2) is 8.48. The molecule has 0 fully saturated rings. The van der Waals surface area contributed by atoms with Gasteiger partial charge in [-0.05, 0) is 32.3 Å². The lowest BCUT2D eigenvalue weighted by Crippen LogP contribution is -2.27. The Hall–Kier alpha value is -0.680. The third-order valence-corrected chi connectivity index (χ3v) is 4.26. The summed E-state index contributed by atoms with van der Waals surface area (Å²) in [5, 5.41) is 8.05. The van der Waals surface area contributed by atoms with E-state index in [-0.39, 0.29) is 0 Å². The highest BCUT2D eigenvalue weighted by molar-refractivity contribution is 7.84. The lowest BCUT2D eigenvalue weighted by atomic mass is 10.2. The largest absolute Gasteiger partial charge is 0.309 e. The summed E-state index contributed by atoms with van der Waals surface area (Å²) in [6.07, 6.45) is 6.99. The molecule has 0 spiro atoms. The molecular weight excluding hydrogens is 258 g/mol. The van der Waals surface area contributed by atoms with Crippen LogP contribution >= 0.6 is 0 Å². The number of aromatic nitrogens is 2. The van der Waals surface area contributed by atoms with Gasteiger partial charge in [-0.15, -0.1) is 0 Å². The van der Waals surface area contributed by atoms with Gasteiger partial charge in [-0.2, -0.15) is 5.10 Å². The van der Waals surface area contributed by atoms with Crippen LogP contribution in [0.4, 0.5) is 0 Å². The fourth-order valence-corrected chi connectivity index (χ4v) is 2.75. The van der Waals surface area contributed by atoms with Gasteiger partial charge in [-0.25, -0.2) is 0 Å². The number of nitrogens with one attached hydrogen (secondary N) is 1. The SMILES string of the molecule is CCC(CC)n1ccc(CNC(C)CCS(C)=O)n1. The van der Waals surface area contributed by atoms with E-state index in [4.69, 9.17) is 0 Å². The number of nitrogens with zero attached hydrogens (tertiary/aromatic N) is 2. The van der Waals surface area contributed by atoms with Crippen molar-refractivity contribution in [2.75, 3.05) is 12.0 Å². The van der Waals surface area contributed by atoms with Crippen molar-refractivity contribution in [1.29, 1.82) is 0 Å². The molecule has 1 aromatic heterocycles. The first kappa shape index (κ1) is 16.4. The highest BCUT2D eigenvalue weighted by Crippen LogP contribution is 2.14. The number of rotatable bonds is 9. The minimum atomic E-state index is -0.699. The molecule has 19 heavy (non-hydrogen) atoms. The predicted molar refractivity (Wildman–Crippen MR) is 81.7 cm³/mol. The summed E-state index contributed by atoms with van der Waals surface area (Å²) in [4.78, 5) is 0. The van der Waals surface area contributed by atoms with Gasteiger partial charge < -0.3 is 5.32 Å². The van der Waals surface area contributed by atoms with E-state index < -0.39 is 10.8 Å². The van der Waals surface area contributed by atoms with Gasteiger partial charge in [0.15, 0.2) is 0 Å². The van der Waals surface area contributed by atoms with E-state index >= 15 is 0 Å². The lowest BCUT2D eigenvalue weighted by molar-refractivity contribution is 0.422. The molecule has 1 N–H and O–H groups in total. The average molecular weight is 285 g/mol. The lowest BCUT2D eigenvalue weighted by Gasteiger charge is -2.13. The van der Waals surface area contributed by atoms with Gasteiger partial charge in [0, 0.05) is 41.6 Å². The van der Waals surface area contributed by atoms with Gasteiger partial charge in [-0.3, -0.25) is 8.89 Å². The molecule has 0 saturated carbocycles. The summed E-state index contributed by atoms with van der Waals surface area (Å²) in [6.45, 7) is 7.30. The molecule has 1 heterocycles. The van der Waals surface area contributed by atoms with Crippen molar-refractivity contribution >= 4 is 10.8 Å². The summed E-state index contributed by atoms with van der Waals surface area (Å²) in [6, 6.07) is 2.96. The van der Waals surface area contributed by atoms with Crippen LogP contribution in [0.1, 0.15) is 51.8 Å². The van der Waals surface area contributed by atoms with Crippen LogP contribution in [0.3, 0.4) is 0 Å². The minimum Gasteiger partial charge on any atom is -0.309 e. The zero-order valence-corrected chi connectivity index (χ0v) is 13.4. The second-order valence-corrected chi connectivity index (χ2v) is 6.66. The first-order valence-electron chi connectivity index (χ1n) is 7.14. The van der Waals surface area contributed by atoms with Gasteiger partial charge in [0.2, 0.25) is 0 Å². The second-order valence-electron chi connectivity index (χ2n) is 5.11. The smallest absolute Gasteiger partial charge is 0.0762 e. The molecule has 0 amide bonds. The summed E-state index contributed by atoms with van der Waals surface area (Å²) < 4.78 is 13.1. The molecule has 0 saturated heterocycles. The van der Waals surface area contributed by atoms with Crippen molar-refractivity contribution in [3.63, 3.8) is 0 Å². The first-order valence-corrected chi connectivity index (χ1v) is 8.86. The van der Waals surface area contributed by atoms with Crippen molar-refractivity contribution in [3.05, 3.63) is 18.0 Å². The molecule has 4 nitrogen and oxygen atoms in total. The van der Waals surface area contributed by atoms with Gasteiger partial charge in [0.1, 0.15) is 0 Å². The van der Waals surface area contributed by atoms with E-state index in [9.17, 15) is 4.21 Å². The van der Waals surface area contributed by atoms with Gasteiger partial charge in [0.05, 0.1) is 11.7 Å². The molecular formula is C14H27N3OS. The molecule has 0 aliphatic carbocycles. The van der Waals surface area contributed by atoms with Crippen molar-refractivity contribution in [3.8, 4) is 0 Å². The first-order chi connectivity index (χ1) is 9.06. The third-order valence-electron chi connectivity index (χ3n) is 3.45. The summed E-state index contributed by atoms with van der Waals surface area (Å²) in [5.41, 5.74) is 1.08. The summed E-state index contributed by atoms with van der Waals surface area (Å²) >= 11 is 0. The fourth-order valence-electron chi connectivity index (χ4n) is 2.06. The monoisotopic (exact) mass is 285 g/mol. The minimum absolute atomic E-state index is 0.377. The van der Waals surface area contributed by atoms with Crippen LogP contribution in [0.2, 0.25) is 0 Å². The van der Waals surface area contributed by atoms with E-state index in [1.165, 1.54) is 0 Å². The molecule has 5 heteroatoms. The Morgan fingerprint density at radius 1 is 1.42 bits per heavy atom. The number of hydrogen-bond donors (Lipinski definition) is 1. The quantitative estimate of drug-likeness (QED) is 0.758. The maximum Gasteiger partial charge on any atom is 0.0762 e. The van der Waals surface area contributed by atoms with Crippen LogP contribution in [-0.2, 0) is 17.3 Å². The van der Waals surface area contributed by atoms with Crippen LogP contribution < -0.4 is 5.32 Å². The Morgan fingerprint density at radius 3 is 2.68 bits per heavy atom. The summed E-state index contributed by atoms with van der Waals surface area (Å²) in [5.74, 6) is 0.760. The molecule has 110 valence electrons. The van der Waals surface area contributed by atoms with E-state index in [0.29, 0.717) is 12.1 Å². The fraction of sp³-hybridized carbons (Fsp3) is 0.786. The highest BCUT2D eigenvalue weighted by Gasteiger charge is 2.08. The number of hydrogen-bond acceptors (Lipinski definition) is 3. The van der Waals surface area contributed by atoms with Crippen LogP contribution in [-0.4, -0.2) is 32.0 Å². The third kappa shape index (κ3) is 5.87. The Kier molecular flexibility index (Phi) is 7.31. The van der Waals surface area contributed by atoms with E-state index in [1.54, 1.807) is 6.26 Å². The van der Waals surface area contributed by atoms with E-state index in [1.807, 2.05) is 0 Å². The Bertz CT molecular complexity index is 388. The molecule has 0 radical (unpaired) electrons. The molecule has 0 bridgehead atoms. The average Bonchev–Trinajstić information content (AvgIpc) is 2.84. The molecule has 0 aromatic carbocycles. The van der Waals surface area contributed by atoms with Crippen molar-refractivity contribution in [2.24, 2.45) is 0 Å². The standard InChI is InChI=1S/C14H27N3OS/c1-5-14(6-2)17-9-7-13(16-17)11-15-12(3)8-10-19(4)18/h7,9,12,14-15H,5-6,8,10-11H2,1-4H3. The normalized spacial score (nSPS) is 14.8. The Labute approximate surface area is 119 Å². The maximum atomic E-state index is 11.0. The zero-order valence-electron chi connectivity index (χ0n) is 12.6. The zero-order chi connectivity index (χ0) is 14.3. The van der Waals surface area contributed by atoms with Crippen molar-refractivity contribution in [2.45, 2.75) is 58.7 Å². The van der Waals surface area contributed by atoms with Crippen molar-refractivity contribution in [1.82, 2.24) is 15.1 Å². The Morgan fingerprint density at radius 2 is 2.11 bits per heavy atom. The van der Waals surface area contributed by atoms with Gasteiger partial charge in [-0.1, -0.05) is 13.8 Å². The van der Waals surface area contributed by atoms with Crippen LogP contribution in [0.15, 0.2) is 12.3 Å². The molecule has 2 atom stereocenters. The topological polar surface area (TPSA) is 46.9 Å². The van der Waals surface area contributed by atoms with Crippen molar-refractivity contribution < 1.29 is 4.21 Å². The maximum absolute atomic E-state index is 11.0. The van der Waals surface area contributed by atoms with Gasteiger partial charge in [0.25, 0.3) is 0 Å². The summed E-state index contributed by atoms with van der Waals surface area (Å²) in [7, 11) is -0.699. The van der Waals surface area contributed by atoms with Gasteiger partial charge >= 0.3 is 0 Å². The van der Waals surface area contributed by atoms with Crippen LogP contribution in [0.5, 0.6) is 0 Å². The van der Waals surface area contributed by atoms with Crippen LogP contribution in [0.25, 0.3) is 0 Å². The highest BCUT2D eigenvalue weighted by atomic mass is 32.2. The van der Waals surface area contributed by atoms with Crippen LogP contribution in [0, 0.1) is 0 Å². The molecule has 0 aliphatic rings. The van der Waals surface area contributed by atoms with E-state index in [0.717, 1.165) is 37.3 Å². The Balaban J connectivity index is 2.39. The van der Waals surface area contributed by atoms with E-state index in [2.05, 4.69) is 48.1 Å². The molecule has 1 aromatic rings. The molecule has 0 aliphatic heterocycles. The molecule has 1 rings (SSSR count). The molecule has 2 unspecified atom stereocenters.